The minimum absolute atomic E-state index is 0.249. The Labute approximate surface area is 122 Å². The van der Waals surface area contributed by atoms with Crippen molar-refractivity contribution < 1.29 is 14.4 Å². The molecule has 1 saturated heterocycles. The molecule has 0 aliphatic carbocycles. The zero-order chi connectivity index (χ0) is 15.4. The standard InChI is InChI=1S/C15H17N3O3/c1-8(2)7-18-11-5-4-9(3)6-10(11)15(13(18)20)12(19)16-14(21)17-15/h4-6,8H,7H2,1-3H3,(H2,16,17,19,21). The zero-order valence-corrected chi connectivity index (χ0v) is 12.2. The number of urea groups is 1. The Morgan fingerprint density at radius 1 is 1.24 bits per heavy atom. The Morgan fingerprint density at radius 2 is 1.95 bits per heavy atom. The largest absolute Gasteiger partial charge is 0.323 e. The summed E-state index contributed by atoms with van der Waals surface area (Å²) >= 11 is 0. The minimum atomic E-state index is -1.60. The highest BCUT2D eigenvalue weighted by molar-refractivity contribution is 6.27. The number of carbonyl (C=O) groups is 3. The molecule has 6 nitrogen and oxygen atoms in total. The maximum atomic E-state index is 12.8. The molecule has 21 heavy (non-hydrogen) atoms. The van der Waals surface area contributed by atoms with Crippen LogP contribution in [0.3, 0.4) is 0 Å². The van der Waals surface area contributed by atoms with E-state index < -0.39 is 17.5 Å². The first-order chi connectivity index (χ1) is 9.86. The van der Waals surface area contributed by atoms with Crippen molar-refractivity contribution in [1.29, 1.82) is 0 Å². The summed E-state index contributed by atoms with van der Waals surface area (Å²) in [7, 11) is 0. The van der Waals surface area contributed by atoms with Crippen LogP contribution in [0.25, 0.3) is 0 Å². The SMILES string of the molecule is Cc1ccc2c(c1)C1(NC(=O)NC1=O)C(=O)N2CC(C)C. The van der Waals surface area contributed by atoms with Crippen LogP contribution in [0.2, 0.25) is 0 Å². The molecule has 0 aromatic heterocycles. The number of rotatable bonds is 2. The van der Waals surface area contributed by atoms with Crippen LogP contribution in [-0.4, -0.2) is 24.4 Å². The summed E-state index contributed by atoms with van der Waals surface area (Å²) in [5.74, 6) is -0.742. The average Bonchev–Trinajstić information content (AvgIpc) is 2.80. The molecule has 0 bridgehead atoms. The summed E-state index contributed by atoms with van der Waals surface area (Å²) in [5.41, 5.74) is 0.572. The van der Waals surface area contributed by atoms with Gasteiger partial charge in [-0.25, -0.2) is 4.79 Å². The van der Waals surface area contributed by atoms with Crippen molar-refractivity contribution in [3.8, 4) is 0 Å². The molecule has 2 aliphatic heterocycles. The number of fused-ring (bicyclic) bond motifs is 2. The summed E-state index contributed by atoms with van der Waals surface area (Å²) in [5, 5.41) is 4.70. The highest BCUT2D eigenvalue weighted by atomic mass is 16.2. The Morgan fingerprint density at radius 3 is 2.52 bits per heavy atom. The van der Waals surface area contributed by atoms with Crippen LogP contribution >= 0.6 is 0 Å². The van der Waals surface area contributed by atoms with Crippen LogP contribution in [-0.2, 0) is 15.1 Å². The monoisotopic (exact) mass is 287 g/mol. The van der Waals surface area contributed by atoms with Crippen molar-refractivity contribution in [1.82, 2.24) is 10.6 Å². The summed E-state index contributed by atoms with van der Waals surface area (Å²) in [4.78, 5) is 38.3. The summed E-state index contributed by atoms with van der Waals surface area (Å²) in [6.45, 7) is 6.39. The lowest BCUT2D eigenvalue weighted by Crippen LogP contribution is -2.52. The van der Waals surface area contributed by atoms with E-state index in [0.29, 0.717) is 17.8 Å². The van der Waals surface area contributed by atoms with Gasteiger partial charge in [-0.2, -0.15) is 0 Å². The number of nitrogens with zero attached hydrogens (tertiary/aromatic N) is 1. The fourth-order valence-corrected chi connectivity index (χ4v) is 2.95. The molecule has 2 aliphatic rings. The first kappa shape index (κ1) is 13.6. The van der Waals surface area contributed by atoms with Crippen LogP contribution in [0.1, 0.15) is 25.0 Å². The molecule has 3 rings (SSSR count). The number of benzene rings is 1. The Bertz CT molecular complexity index is 668. The van der Waals surface area contributed by atoms with Gasteiger partial charge in [0, 0.05) is 12.1 Å². The number of imide groups is 1. The second-order valence-electron chi connectivity index (χ2n) is 5.99. The lowest BCUT2D eigenvalue weighted by molar-refractivity contribution is -0.134. The predicted octanol–water partition coefficient (Wildman–Crippen LogP) is 1.03. The van der Waals surface area contributed by atoms with E-state index in [2.05, 4.69) is 10.6 Å². The van der Waals surface area contributed by atoms with E-state index >= 15 is 0 Å². The third-order valence-electron chi connectivity index (χ3n) is 3.83. The molecule has 1 atom stereocenters. The Balaban J connectivity index is 2.20. The minimum Gasteiger partial charge on any atom is -0.312 e. The fraction of sp³-hybridized carbons (Fsp3) is 0.400. The molecule has 6 heteroatoms. The van der Waals surface area contributed by atoms with Gasteiger partial charge in [-0.3, -0.25) is 14.9 Å². The molecule has 1 aromatic carbocycles. The second kappa shape index (κ2) is 4.31. The fourth-order valence-electron chi connectivity index (χ4n) is 2.95. The lowest BCUT2D eigenvalue weighted by Gasteiger charge is -2.22. The number of hydrogen-bond acceptors (Lipinski definition) is 3. The number of hydrogen-bond donors (Lipinski definition) is 2. The van der Waals surface area contributed by atoms with Crippen LogP contribution in [0.15, 0.2) is 18.2 Å². The zero-order valence-electron chi connectivity index (χ0n) is 12.2. The van der Waals surface area contributed by atoms with E-state index in [0.717, 1.165) is 5.56 Å². The topological polar surface area (TPSA) is 78.5 Å². The number of aryl methyl sites for hydroxylation is 1. The van der Waals surface area contributed by atoms with Gasteiger partial charge in [-0.1, -0.05) is 31.5 Å². The van der Waals surface area contributed by atoms with Gasteiger partial charge in [0.25, 0.3) is 11.8 Å². The molecule has 4 amide bonds. The molecule has 2 heterocycles. The summed E-state index contributed by atoms with van der Waals surface area (Å²) < 4.78 is 0. The van der Waals surface area contributed by atoms with Crippen molar-refractivity contribution in [2.45, 2.75) is 26.3 Å². The van der Waals surface area contributed by atoms with Crippen molar-refractivity contribution in [2.75, 3.05) is 11.4 Å². The maximum absolute atomic E-state index is 12.8. The van der Waals surface area contributed by atoms with Crippen LogP contribution in [0.4, 0.5) is 10.5 Å². The Kier molecular flexibility index (Phi) is 2.79. The summed E-state index contributed by atoms with van der Waals surface area (Å²) in [6.07, 6.45) is 0. The highest BCUT2D eigenvalue weighted by Crippen LogP contribution is 2.42. The molecule has 1 aromatic rings. The molecule has 1 fully saturated rings. The van der Waals surface area contributed by atoms with Crippen molar-refractivity contribution in [2.24, 2.45) is 5.92 Å². The average molecular weight is 287 g/mol. The first-order valence-electron chi connectivity index (χ1n) is 6.93. The van der Waals surface area contributed by atoms with E-state index in [1.807, 2.05) is 32.9 Å². The quantitative estimate of drug-likeness (QED) is 0.630. The highest BCUT2D eigenvalue weighted by Gasteiger charge is 2.61. The molecule has 0 saturated carbocycles. The van der Waals surface area contributed by atoms with Gasteiger partial charge < -0.3 is 10.2 Å². The van der Waals surface area contributed by atoms with Crippen LogP contribution in [0, 0.1) is 12.8 Å². The van der Waals surface area contributed by atoms with Gasteiger partial charge in [-0.15, -0.1) is 0 Å². The first-order valence-corrected chi connectivity index (χ1v) is 6.93. The normalized spacial score (nSPS) is 23.8. The molecule has 1 unspecified atom stereocenters. The van der Waals surface area contributed by atoms with E-state index in [9.17, 15) is 14.4 Å². The van der Waals surface area contributed by atoms with Gasteiger partial charge in [0.15, 0.2) is 0 Å². The molecule has 0 radical (unpaired) electrons. The molecular weight excluding hydrogens is 270 g/mol. The molecule has 1 spiro atoms. The number of amides is 4. The van der Waals surface area contributed by atoms with Crippen molar-refractivity contribution >= 4 is 23.5 Å². The number of anilines is 1. The smallest absolute Gasteiger partial charge is 0.312 e. The van der Waals surface area contributed by atoms with Crippen LogP contribution < -0.4 is 15.5 Å². The van der Waals surface area contributed by atoms with Gasteiger partial charge in [0.05, 0.1) is 5.69 Å². The summed E-state index contributed by atoms with van der Waals surface area (Å²) in [6, 6.07) is 4.88. The molecule has 110 valence electrons. The predicted molar refractivity (Wildman–Crippen MR) is 76.7 cm³/mol. The van der Waals surface area contributed by atoms with E-state index in [4.69, 9.17) is 0 Å². The number of carbonyl (C=O) groups excluding carboxylic acids is 3. The van der Waals surface area contributed by atoms with Crippen molar-refractivity contribution in [3.05, 3.63) is 29.3 Å². The Hall–Kier alpha value is -2.37. The van der Waals surface area contributed by atoms with Gasteiger partial charge >= 0.3 is 6.03 Å². The third-order valence-corrected chi connectivity index (χ3v) is 3.83. The van der Waals surface area contributed by atoms with Gasteiger partial charge in [0.2, 0.25) is 5.54 Å². The second-order valence-corrected chi connectivity index (χ2v) is 5.99. The number of nitrogens with one attached hydrogen (secondary N) is 2. The van der Waals surface area contributed by atoms with Gasteiger partial charge in [-0.05, 0) is 18.9 Å². The van der Waals surface area contributed by atoms with E-state index in [-0.39, 0.29) is 11.8 Å². The third kappa shape index (κ3) is 1.75. The van der Waals surface area contributed by atoms with Crippen LogP contribution in [0.5, 0.6) is 0 Å². The van der Waals surface area contributed by atoms with Gasteiger partial charge in [0.1, 0.15) is 0 Å². The maximum Gasteiger partial charge on any atom is 0.323 e. The molecule has 2 N–H and O–H groups in total. The van der Waals surface area contributed by atoms with E-state index in [1.54, 1.807) is 11.0 Å². The van der Waals surface area contributed by atoms with E-state index in [1.165, 1.54) is 0 Å². The van der Waals surface area contributed by atoms with Crippen molar-refractivity contribution in [3.63, 3.8) is 0 Å². The lowest BCUT2D eigenvalue weighted by atomic mass is 9.90. The molecular formula is C15H17N3O3.